The molecule has 1 aromatic carbocycles. The van der Waals surface area contributed by atoms with E-state index in [1.807, 2.05) is 48.0 Å². The van der Waals surface area contributed by atoms with Crippen LogP contribution < -0.4 is 5.32 Å². The lowest BCUT2D eigenvalue weighted by atomic mass is 9.96. The minimum atomic E-state index is -0.231. The highest BCUT2D eigenvalue weighted by atomic mass is 32.1. The number of benzene rings is 1. The number of para-hydroxylation sites is 1. The fourth-order valence-electron chi connectivity index (χ4n) is 4.63. The highest BCUT2D eigenvalue weighted by Gasteiger charge is 2.41. The standard InChI is InChI=1S/C25H30FN5S/c1-17-16-19(18(2)31(17)22-12-6-5-10-20(22)26)24-23(21-11-7-8-13-27-21)28-25(32)30(24)15-9-14-29(3)4/h5-8,10-13,16,23-24H,9,14-15H2,1-4H3,(H,28,32)/t23-,24-/m0/s1. The van der Waals surface area contributed by atoms with Crippen LogP contribution in [0.2, 0.25) is 0 Å². The molecular weight excluding hydrogens is 421 g/mol. The number of hydrogen-bond donors (Lipinski definition) is 1. The van der Waals surface area contributed by atoms with E-state index in [1.54, 1.807) is 6.07 Å². The van der Waals surface area contributed by atoms with Crippen LogP contribution in [0.3, 0.4) is 0 Å². The number of nitrogens with one attached hydrogen (secondary N) is 1. The van der Waals surface area contributed by atoms with Gasteiger partial charge in [0.25, 0.3) is 0 Å². The van der Waals surface area contributed by atoms with Crippen molar-refractivity contribution >= 4 is 17.3 Å². The Labute approximate surface area is 194 Å². The van der Waals surface area contributed by atoms with Crippen LogP contribution in [-0.4, -0.2) is 51.6 Å². The summed E-state index contributed by atoms with van der Waals surface area (Å²) in [5.41, 5.74) is 4.66. The Morgan fingerprint density at radius 1 is 1.12 bits per heavy atom. The number of aryl methyl sites for hydroxylation is 1. The van der Waals surface area contributed by atoms with Crippen molar-refractivity contribution in [3.63, 3.8) is 0 Å². The van der Waals surface area contributed by atoms with E-state index in [-0.39, 0.29) is 17.9 Å². The van der Waals surface area contributed by atoms with E-state index >= 15 is 0 Å². The first kappa shape index (κ1) is 22.4. The highest BCUT2D eigenvalue weighted by molar-refractivity contribution is 7.80. The van der Waals surface area contributed by atoms with Gasteiger partial charge in [0, 0.05) is 24.1 Å². The van der Waals surface area contributed by atoms with Gasteiger partial charge in [-0.3, -0.25) is 4.98 Å². The first-order valence-electron chi connectivity index (χ1n) is 10.9. The van der Waals surface area contributed by atoms with Gasteiger partial charge in [0.2, 0.25) is 0 Å². The fraction of sp³-hybridized carbons (Fsp3) is 0.360. The van der Waals surface area contributed by atoms with Crippen molar-refractivity contribution in [3.8, 4) is 5.69 Å². The van der Waals surface area contributed by atoms with Gasteiger partial charge in [-0.25, -0.2) is 4.39 Å². The summed E-state index contributed by atoms with van der Waals surface area (Å²) in [5, 5.41) is 4.25. The molecule has 3 heterocycles. The van der Waals surface area contributed by atoms with Crippen molar-refractivity contribution in [3.05, 3.63) is 83.2 Å². The monoisotopic (exact) mass is 451 g/mol. The van der Waals surface area contributed by atoms with E-state index in [0.29, 0.717) is 5.69 Å². The summed E-state index contributed by atoms with van der Waals surface area (Å²) in [4.78, 5) is 9.07. The molecule has 0 amide bonds. The number of hydrogen-bond acceptors (Lipinski definition) is 3. The number of nitrogens with zero attached hydrogens (tertiary/aromatic N) is 4. The van der Waals surface area contributed by atoms with Crippen LogP contribution in [0.4, 0.5) is 4.39 Å². The van der Waals surface area contributed by atoms with Crippen LogP contribution in [0, 0.1) is 19.7 Å². The smallest absolute Gasteiger partial charge is 0.170 e. The van der Waals surface area contributed by atoms with Crippen LogP contribution in [0.25, 0.3) is 5.69 Å². The molecule has 1 saturated heterocycles. The van der Waals surface area contributed by atoms with E-state index < -0.39 is 0 Å². The molecule has 3 aromatic rings. The van der Waals surface area contributed by atoms with Crippen molar-refractivity contribution in [2.45, 2.75) is 32.4 Å². The predicted octanol–water partition coefficient (Wildman–Crippen LogP) is 4.55. The summed E-state index contributed by atoms with van der Waals surface area (Å²) in [7, 11) is 4.16. The maximum atomic E-state index is 14.7. The minimum Gasteiger partial charge on any atom is -0.352 e. The lowest BCUT2D eigenvalue weighted by Gasteiger charge is -2.28. The summed E-state index contributed by atoms with van der Waals surface area (Å²) in [6, 6.07) is 14.9. The lowest BCUT2D eigenvalue weighted by Crippen LogP contribution is -2.32. The quantitative estimate of drug-likeness (QED) is 0.533. The Balaban J connectivity index is 1.78. The van der Waals surface area contributed by atoms with Gasteiger partial charge in [-0.1, -0.05) is 18.2 Å². The maximum absolute atomic E-state index is 14.7. The summed E-state index contributed by atoms with van der Waals surface area (Å²) >= 11 is 5.78. The number of halogens is 1. The normalized spacial score (nSPS) is 18.4. The van der Waals surface area contributed by atoms with E-state index in [9.17, 15) is 4.39 Å². The van der Waals surface area contributed by atoms with Gasteiger partial charge in [0.1, 0.15) is 5.82 Å². The Hall–Kier alpha value is -2.77. The second kappa shape index (κ2) is 9.38. The van der Waals surface area contributed by atoms with Gasteiger partial charge in [-0.2, -0.15) is 0 Å². The highest BCUT2D eigenvalue weighted by Crippen LogP contribution is 2.41. The van der Waals surface area contributed by atoms with Crippen molar-refractivity contribution < 1.29 is 4.39 Å². The number of thiocarbonyl (C=S) groups is 1. The molecule has 0 unspecified atom stereocenters. The average Bonchev–Trinajstić information content (AvgIpc) is 3.24. The number of aromatic nitrogens is 2. The molecule has 0 bridgehead atoms. The van der Waals surface area contributed by atoms with Crippen molar-refractivity contribution in [2.24, 2.45) is 0 Å². The molecule has 0 radical (unpaired) electrons. The summed E-state index contributed by atoms with van der Waals surface area (Å²) in [5.74, 6) is -0.231. The fourth-order valence-corrected chi connectivity index (χ4v) is 4.96. The third kappa shape index (κ3) is 4.27. The summed E-state index contributed by atoms with van der Waals surface area (Å²) in [6.07, 6.45) is 2.81. The minimum absolute atomic E-state index is 0.0220. The van der Waals surface area contributed by atoms with E-state index in [2.05, 4.69) is 47.2 Å². The molecule has 1 aliphatic heterocycles. The maximum Gasteiger partial charge on any atom is 0.170 e. The van der Waals surface area contributed by atoms with Crippen LogP contribution in [0.1, 0.15) is 41.1 Å². The second-order valence-corrected chi connectivity index (χ2v) is 8.98. The Bertz CT molecular complexity index is 1090. The zero-order valence-corrected chi connectivity index (χ0v) is 19.9. The summed E-state index contributed by atoms with van der Waals surface area (Å²) < 4.78 is 16.7. The molecule has 1 fully saturated rings. The molecule has 1 aliphatic rings. The molecule has 168 valence electrons. The van der Waals surface area contributed by atoms with Crippen molar-refractivity contribution in [2.75, 3.05) is 27.2 Å². The zero-order valence-electron chi connectivity index (χ0n) is 19.0. The van der Waals surface area contributed by atoms with Crippen LogP contribution in [0.15, 0.2) is 54.7 Å². The van der Waals surface area contributed by atoms with Crippen LogP contribution in [-0.2, 0) is 0 Å². The van der Waals surface area contributed by atoms with Gasteiger partial charge < -0.3 is 19.7 Å². The Morgan fingerprint density at radius 3 is 2.56 bits per heavy atom. The van der Waals surface area contributed by atoms with Crippen LogP contribution in [0.5, 0.6) is 0 Å². The molecule has 2 atom stereocenters. The SMILES string of the molecule is Cc1cc([C@H]2[C@H](c3ccccn3)NC(=S)N2CCCN(C)C)c(C)n1-c1ccccc1F. The topological polar surface area (TPSA) is 36.3 Å². The van der Waals surface area contributed by atoms with Crippen molar-refractivity contribution in [1.82, 2.24) is 24.7 Å². The van der Waals surface area contributed by atoms with E-state index in [1.165, 1.54) is 6.07 Å². The van der Waals surface area contributed by atoms with E-state index in [4.69, 9.17) is 12.2 Å². The first-order valence-corrected chi connectivity index (χ1v) is 11.4. The largest absolute Gasteiger partial charge is 0.352 e. The Morgan fingerprint density at radius 2 is 1.88 bits per heavy atom. The van der Waals surface area contributed by atoms with Crippen LogP contribution >= 0.6 is 12.2 Å². The molecule has 0 spiro atoms. The van der Waals surface area contributed by atoms with Gasteiger partial charge >= 0.3 is 0 Å². The summed E-state index contributed by atoms with van der Waals surface area (Å²) in [6.45, 7) is 5.90. The molecule has 4 rings (SSSR count). The molecule has 5 nitrogen and oxygen atoms in total. The van der Waals surface area contributed by atoms with E-state index in [0.717, 1.165) is 47.3 Å². The molecule has 0 saturated carbocycles. The second-order valence-electron chi connectivity index (χ2n) is 8.59. The zero-order chi connectivity index (χ0) is 22.8. The molecule has 1 N–H and O–H groups in total. The Kier molecular flexibility index (Phi) is 6.58. The third-order valence-electron chi connectivity index (χ3n) is 6.08. The van der Waals surface area contributed by atoms with Gasteiger partial charge in [-0.15, -0.1) is 0 Å². The van der Waals surface area contributed by atoms with Gasteiger partial charge in [0.15, 0.2) is 5.11 Å². The molecule has 2 aromatic heterocycles. The number of rotatable bonds is 7. The molecular formula is C25H30FN5S. The molecule has 7 heteroatoms. The predicted molar refractivity (Wildman–Crippen MR) is 131 cm³/mol. The van der Waals surface area contributed by atoms with Crippen molar-refractivity contribution in [1.29, 1.82) is 0 Å². The lowest BCUT2D eigenvalue weighted by molar-refractivity contribution is 0.292. The van der Waals surface area contributed by atoms with Gasteiger partial charge in [-0.05, 0) is 89.0 Å². The molecule has 0 aliphatic carbocycles. The average molecular weight is 452 g/mol. The first-order chi connectivity index (χ1) is 15.4. The third-order valence-corrected chi connectivity index (χ3v) is 6.44. The molecule has 32 heavy (non-hydrogen) atoms. The van der Waals surface area contributed by atoms with Gasteiger partial charge in [0.05, 0.1) is 23.5 Å². The number of pyridine rings is 1.